The van der Waals surface area contributed by atoms with Gasteiger partial charge in [-0.1, -0.05) is 24.3 Å². The van der Waals surface area contributed by atoms with Crippen molar-refractivity contribution in [1.82, 2.24) is 4.90 Å². The molecule has 0 spiro atoms. The van der Waals surface area contributed by atoms with Gasteiger partial charge in [-0.2, -0.15) is 0 Å². The van der Waals surface area contributed by atoms with E-state index in [-0.39, 0.29) is 17.9 Å². The summed E-state index contributed by atoms with van der Waals surface area (Å²) in [7, 11) is 1.64. The van der Waals surface area contributed by atoms with Crippen LogP contribution in [-0.2, 0) is 11.3 Å². The molecule has 1 aliphatic rings. The molecule has 0 unspecified atom stereocenters. The standard InChI is InChI=1S/C21H24N2O3/c1-14-8-9-16(12-19(14)22-15(2)24)21(25)23(18-10-11-18)13-17-6-4-5-7-20(17)26-3/h4-9,12,18H,10-11,13H2,1-3H3,(H,22,24). The van der Waals surface area contributed by atoms with Gasteiger partial charge < -0.3 is 15.0 Å². The van der Waals surface area contributed by atoms with Gasteiger partial charge in [-0.05, 0) is 43.5 Å². The lowest BCUT2D eigenvalue weighted by Crippen LogP contribution is -2.32. The molecule has 1 fully saturated rings. The molecule has 0 aromatic heterocycles. The highest BCUT2D eigenvalue weighted by Gasteiger charge is 2.33. The molecule has 0 aliphatic heterocycles. The molecule has 2 aromatic carbocycles. The Bertz CT molecular complexity index is 828. The van der Waals surface area contributed by atoms with E-state index in [4.69, 9.17) is 4.74 Å². The van der Waals surface area contributed by atoms with Gasteiger partial charge in [-0.3, -0.25) is 9.59 Å². The third-order valence-corrected chi connectivity index (χ3v) is 4.58. The number of benzene rings is 2. The topological polar surface area (TPSA) is 58.6 Å². The maximum absolute atomic E-state index is 13.2. The predicted molar refractivity (Wildman–Crippen MR) is 101 cm³/mol. The molecule has 136 valence electrons. The minimum absolute atomic E-state index is 0.0231. The number of ether oxygens (including phenoxy) is 1. The smallest absolute Gasteiger partial charge is 0.254 e. The van der Waals surface area contributed by atoms with Crippen molar-refractivity contribution in [3.63, 3.8) is 0 Å². The first-order valence-electron chi connectivity index (χ1n) is 8.80. The molecule has 2 aromatic rings. The van der Waals surface area contributed by atoms with Crippen molar-refractivity contribution in [2.75, 3.05) is 12.4 Å². The monoisotopic (exact) mass is 352 g/mol. The summed E-state index contributed by atoms with van der Waals surface area (Å²) in [5.41, 5.74) is 3.18. The quantitative estimate of drug-likeness (QED) is 0.861. The number of carbonyl (C=O) groups excluding carboxylic acids is 2. The molecule has 3 rings (SSSR count). The normalized spacial score (nSPS) is 13.2. The second-order valence-electron chi connectivity index (χ2n) is 6.69. The minimum Gasteiger partial charge on any atom is -0.496 e. The number of rotatable bonds is 6. The zero-order chi connectivity index (χ0) is 18.7. The number of aryl methyl sites for hydroxylation is 1. The largest absolute Gasteiger partial charge is 0.496 e. The van der Waals surface area contributed by atoms with Gasteiger partial charge in [0.25, 0.3) is 5.91 Å². The summed E-state index contributed by atoms with van der Waals surface area (Å²) in [5, 5.41) is 2.79. The lowest BCUT2D eigenvalue weighted by atomic mass is 10.1. The Balaban J connectivity index is 1.87. The van der Waals surface area contributed by atoms with E-state index in [2.05, 4.69) is 5.32 Å². The molecule has 5 nitrogen and oxygen atoms in total. The van der Waals surface area contributed by atoms with Crippen LogP contribution >= 0.6 is 0 Å². The summed E-state index contributed by atoms with van der Waals surface area (Å²) >= 11 is 0. The predicted octanol–water partition coefficient (Wildman–Crippen LogP) is 3.77. The van der Waals surface area contributed by atoms with Crippen LogP contribution < -0.4 is 10.1 Å². The molecule has 1 saturated carbocycles. The number of hydrogen-bond donors (Lipinski definition) is 1. The molecule has 1 N–H and O–H groups in total. The maximum atomic E-state index is 13.2. The van der Waals surface area contributed by atoms with Crippen LogP contribution in [0.3, 0.4) is 0 Å². The minimum atomic E-state index is -0.147. The molecule has 2 amide bonds. The molecule has 0 radical (unpaired) electrons. The van der Waals surface area contributed by atoms with Crippen molar-refractivity contribution in [2.45, 2.75) is 39.3 Å². The first kappa shape index (κ1) is 18.0. The summed E-state index contributed by atoms with van der Waals surface area (Å²) in [6, 6.07) is 13.5. The number of nitrogens with one attached hydrogen (secondary N) is 1. The van der Waals surface area contributed by atoms with Gasteiger partial charge in [-0.15, -0.1) is 0 Å². The third-order valence-electron chi connectivity index (χ3n) is 4.58. The van der Waals surface area contributed by atoms with Crippen molar-refractivity contribution in [1.29, 1.82) is 0 Å². The lowest BCUT2D eigenvalue weighted by Gasteiger charge is -2.24. The molecule has 0 saturated heterocycles. The fraction of sp³-hybridized carbons (Fsp3) is 0.333. The van der Waals surface area contributed by atoms with Gasteiger partial charge in [0.2, 0.25) is 5.91 Å². The Morgan fingerprint density at radius 2 is 1.92 bits per heavy atom. The Morgan fingerprint density at radius 3 is 2.58 bits per heavy atom. The van der Waals surface area contributed by atoms with E-state index < -0.39 is 0 Å². The van der Waals surface area contributed by atoms with Crippen LogP contribution in [0.25, 0.3) is 0 Å². The molecular formula is C21H24N2O3. The zero-order valence-electron chi connectivity index (χ0n) is 15.4. The van der Waals surface area contributed by atoms with Gasteiger partial charge in [0.1, 0.15) is 5.75 Å². The highest BCUT2D eigenvalue weighted by molar-refractivity contribution is 5.97. The summed E-state index contributed by atoms with van der Waals surface area (Å²) in [5.74, 6) is 0.615. The summed E-state index contributed by atoms with van der Waals surface area (Å²) < 4.78 is 5.42. The van der Waals surface area contributed by atoms with E-state index in [1.807, 2.05) is 48.2 Å². The van der Waals surface area contributed by atoms with Crippen LogP contribution in [-0.4, -0.2) is 29.9 Å². The van der Waals surface area contributed by atoms with E-state index in [0.717, 1.165) is 29.7 Å². The van der Waals surface area contributed by atoms with Crippen molar-refractivity contribution in [2.24, 2.45) is 0 Å². The number of hydrogen-bond acceptors (Lipinski definition) is 3. The fourth-order valence-corrected chi connectivity index (χ4v) is 3.02. The Hall–Kier alpha value is -2.82. The SMILES string of the molecule is COc1ccccc1CN(C(=O)c1ccc(C)c(NC(C)=O)c1)C1CC1. The number of amides is 2. The Labute approximate surface area is 154 Å². The number of para-hydroxylation sites is 1. The highest BCUT2D eigenvalue weighted by atomic mass is 16.5. The van der Waals surface area contributed by atoms with Gasteiger partial charge in [0.15, 0.2) is 0 Å². The van der Waals surface area contributed by atoms with Crippen molar-refractivity contribution in [3.05, 3.63) is 59.2 Å². The lowest BCUT2D eigenvalue weighted by molar-refractivity contribution is -0.114. The fourth-order valence-electron chi connectivity index (χ4n) is 3.02. The molecule has 0 heterocycles. The second kappa shape index (κ2) is 7.60. The molecule has 0 bridgehead atoms. The number of carbonyl (C=O) groups is 2. The molecule has 0 atom stereocenters. The number of nitrogens with zero attached hydrogens (tertiary/aromatic N) is 1. The van der Waals surface area contributed by atoms with Crippen LogP contribution in [0.1, 0.15) is 41.3 Å². The van der Waals surface area contributed by atoms with E-state index in [1.54, 1.807) is 13.2 Å². The second-order valence-corrected chi connectivity index (χ2v) is 6.69. The van der Waals surface area contributed by atoms with Gasteiger partial charge >= 0.3 is 0 Å². The van der Waals surface area contributed by atoms with Crippen molar-refractivity contribution in [3.8, 4) is 5.75 Å². The van der Waals surface area contributed by atoms with Crippen LogP contribution in [0.4, 0.5) is 5.69 Å². The summed E-state index contributed by atoms with van der Waals surface area (Å²) in [4.78, 5) is 26.4. The highest BCUT2D eigenvalue weighted by Crippen LogP contribution is 2.32. The average molecular weight is 352 g/mol. The maximum Gasteiger partial charge on any atom is 0.254 e. The molecule has 26 heavy (non-hydrogen) atoms. The molecular weight excluding hydrogens is 328 g/mol. The van der Waals surface area contributed by atoms with Crippen LogP contribution in [0.5, 0.6) is 5.75 Å². The number of anilines is 1. The first-order valence-corrected chi connectivity index (χ1v) is 8.80. The Kier molecular flexibility index (Phi) is 5.26. The van der Waals surface area contributed by atoms with Crippen LogP contribution in [0.2, 0.25) is 0 Å². The van der Waals surface area contributed by atoms with Gasteiger partial charge in [0, 0.05) is 36.3 Å². The Morgan fingerprint density at radius 1 is 1.19 bits per heavy atom. The average Bonchev–Trinajstić information content (AvgIpc) is 3.46. The van der Waals surface area contributed by atoms with Crippen molar-refractivity contribution < 1.29 is 14.3 Å². The summed E-state index contributed by atoms with van der Waals surface area (Å²) in [6.45, 7) is 3.88. The van der Waals surface area contributed by atoms with Gasteiger partial charge in [-0.25, -0.2) is 0 Å². The zero-order valence-corrected chi connectivity index (χ0v) is 15.4. The number of methoxy groups -OCH3 is 1. The summed E-state index contributed by atoms with van der Waals surface area (Å²) in [6.07, 6.45) is 2.04. The van der Waals surface area contributed by atoms with Crippen molar-refractivity contribution >= 4 is 17.5 Å². The van der Waals surface area contributed by atoms with Crippen LogP contribution in [0.15, 0.2) is 42.5 Å². The van der Waals surface area contributed by atoms with E-state index in [9.17, 15) is 9.59 Å². The van der Waals surface area contributed by atoms with Crippen LogP contribution in [0, 0.1) is 6.92 Å². The van der Waals surface area contributed by atoms with E-state index in [0.29, 0.717) is 17.8 Å². The van der Waals surface area contributed by atoms with E-state index >= 15 is 0 Å². The first-order chi connectivity index (χ1) is 12.5. The van der Waals surface area contributed by atoms with E-state index in [1.165, 1.54) is 6.92 Å². The third kappa shape index (κ3) is 4.04. The molecule has 1 aliphatic carbocycles. The van der Waals surface area contributed by atoms with Gasteiger partial charge in [0.05, 0.1) is 7.11 Å². The molecule has 5 heteroatoms.